The van der Waals surface area contributed by atoms with Crippen LogP contribution >= 0.6 is 11.6 Å². The Morgan fingerprint density at radius 3 is 2.31 bits per heavy atom. The van der Waals surface area contributed by atoms with E-state index in [1.54, 1.807) is 0 Å². The fraction of sp³-hybridized carbons (Fsp3) is 0.111. The Morgan fingerprint density at radius 2 is 1.85 bits per heavy atom. The summed E-state index contributed by atoms with van der Waals surface area (Å²) in [4.78, 5) is 0. The van der Waals surface area contributed by atoms with Gasteiger partial charge in [0.2, 0.25) is 0 Å². The topological polar surface area (TPSA) is 20.2 Å². The second-order valence-corrected chi connectivity index (χ2v) is 2.49. The molecule has 0 fully saturated rings. The fourth-order valence-electron chi connectivity index (χ4n) is 0.773. The van der Waals surface area contributed by atoms with Crippen molar-refractivity contribution in [3.05, 3.63) is 29.3 Å². The molecule has 13 heavy (non-hydrogen) atoms. The first-order valence-electron chi connectivity index (χ1n) is 3.38. The minimum atomic E-state index is -1.03. The highest BCUT2D eigenvalue weighted by Gasteiger charge is 2.07. The van der Waals surface area contributed by atoms with E-state index >= 15 is 0 Å². The summed E-state index contributed by atoms with van der Waals surface area (Å²) in [7, 11) is 0. The zero-order valence-corrected chi connectivity index (χ0v) is 7.20. The molecular weight excluding hydrogens is 198 g/mol. The molecule has 0 atom stereocenters. The van der Waals surface area contributed by atoms with Crippen molar-refractivity contribution in [1.82, 2.24) is 0 Å². The minimum Gasteiger partial charge on any atom is -0.503 e. The summed E-state index contributed by atoms with van der Waals surface area (Å²) >= 11 is 5.25. The molecule has 0 aromatic heterocycles. The lowest BCUT2D eigenvalue weighted by Gasteiger charge is -1.97. The molecule has 0 saturated carbocycles. The Labute approximate surface area is 79.0 Å². The number of phenolic OH excluding ortho intramolecular Hbond substituents is 1. The number of aromatic hydroxyl groups is 1. The van der Waals surface area contributed by atoms with Gasteiger partial charge in [-0.05, 0) is 12.1 Å². The lowest BCUT2D eigenvalue weighted by molar-refractivity contribution is 0.396. The molecule has 1 N–H and O–H groups in total. The standard InChI is InChI=1S/C9H5ClF2O/c10-3-1-2-6-4-7(11)9(13)8(12)5-6/h4-5,13H,3H2. The number of alkyl halides is 1. The molecule has 1 aromatic carbocycles. The molecule has 0 aliphatic rings. The number of hydrogen-bond acceptors (Lipinski definition) is 1. The number of halogens is 3. The van der Waals surface area contributed by atoms with Crippen molar-refractivity contribution in [2.75, 3.05) is 5.88 Å². The maximum absolute atomic E-state index is 12.7. The summed E-state index contributed by atoms with van der Waals surface area (Å²) < 4.78 is 25.4. The Morgan fingerprint density at radius 1 is 1.31 bits per heavy atom. The van der Waals surface area contributed by atoms with Crippen molar-refractivity contribution >= 4 is 11.6 Å². The van der Waals surface area contributed by atoms with Gasteiger partial charge in [0, 0.05) is 5.56 Å². The molecule has 1 aromatic rings. The zero-order valence-electron chi connectivity index (χ0n) is 6.44. The van der Waals surface area contributed by atoms with Crippen LogP contribution in [0.3, 0.4) is 0 Å². The molecule has 0 aliphatic heterocycles. The SMILES string of the molecule is Oc1c(F)cc(C#CCCl)cc1F. The normalized spacial score (nSPS) is 9.15. The van der Waals surface area contributed by atoms with Crippen LogP contribution in [0, 0.1) is 23.5 Å². The van der Waals surface area contributed by atoms with E-state index in [0.29, 0.717) is 0 Å². The van der Waals surface area contributed by atoms with Crippen LogP contribution in [0.15, 0.2) is 12.1 Å². The van der Waals surface area contributed by atoms with Crippen LogP contribution < -0.4 is 0 Å². The molecule has 0 unspecified atom stereocenters. The minimum absolute atomic E-state index is 0.0874. The Hall–Kier alpha value is -1.27. The van der Waals surface area contributed by atoms with Crippen LogP contribution in [0.25, 0.3) is 0 Å². The van der Waals surface area contributed by atoms with Crippen LogP contribution in [0.1, 0.15) is 5.56 Å². The third-order valence-electron chi connectivity index (χ3n) is 1.32. The Kier molecular flexibility index (Phi) is 3.10. The van der Waals surface area contributed by atoms with Gasteiger partial charge in [-0.15, -0.1) is 11.6 Å². The highest BCUT2D eigenvalue weighted by molar-refractivity contribution is 6.19. The smallest absolute Gasteiger partial charge is 0.187 e. The summed E-state index contributed by atoms with van der Waals surface area (Å²) in [6.07, 6.45) is 0. The van der Waals surface area contributed by atoms with Crippen molar-refractivity contribution in [3.8, 4) is 17.6 Å². The zero-order chi connectivity index (χ0) is 9.84. The fourth-order valence-corrected chi connectivity index (χ4v) is 0.840. The van der Waals surface area contributed by atoms with E-state index in [1.165, 1.54) is 0 Å². The van der Waals surface area contributed by atoms with Crippen molar-refractivity contribution in [2.45, 2.75) is 0 Å². The number of phenols is 1. The molecule has 0 amide bonds. The molecule has 0 radical (unpaired) electrons. The molecule has 68 valence electrons. The second kappa shape index (κ2) is 4.11. The van der Waals surface area contributed by atoms with E-state index in [1.807, 2.05) is 0 Å². The van der Waals surface area contributed by atoms with E-state index in [0.717, 1.165) is 12.1 Å². The molecule has 0 heterocycles. The van der Waals surface area contributed by atoms with Gasteiger partial charge in [-0.1, -0.05) is 11.8 Å². The van der Waals surface area contributed by atoms with Crippen LogP contribution in [0.2, 0.25) is 0 Å². The van der Waals surface area contributed by atoms with E-state index < -0.39 is 17.4 Å². The van der Waals surface area contributed by atoms with Gasteiger partial charge >= 0.3 is 0 Å². The highest BCUT2D eigenvalue weighted by Crippen LogP contribution is 2.20. The predicted molar refractivity (Wildman–Crippen MR) is 45.6 cm³/mol. The van der Waals surface area contributed by atoms with Crippen molar-refractivity contribution in [2.24, 2.45) is 0 Å². The molecular formula is C9H5ClF2O. The third-order valence-corrected chi connectivity index (χ3v) is 1.45. The van der Waals surface area contributed by atoms with Gasteiger partial charge in [-0.3, -0.25) is 0 Å². The average molecular weight is 203 g/mol. The quantitative estimate of drug-likeness (QED) is 0.506. The van der Waals surface area contributed by atoms with Gasteiger partial charge in [0.15, 0.2) is 17.4 Å². The summed E-state index contributed by atoms with van der Waals surface area (Å²) in [5.74, 6) is 1.91. The largest absolute Gasteiger partial charge is 0.503 e. The van der Waals surface area contributed by atoms with Crippen molar-refractivity contribution in [3.63, 3.8) is 0 Å². The summed E-state index contributed by atoms with van der Waals surface area (Å²) in [6.45, 7) is 0. The highest BCUT2D eigenvalue weighted by atomic mass is 35.5. The molecule has 4 heteroatoms. The van der Waals surface area contributed by atoms with Crippen LogP contribution in [0.4, 0.5) is 8.78 Å². The van der Waals surface area contributed by atoms with Gasteiger partial charge in [0.1, 0.15) is 0 Å². The van der Waals surface area contributed by atoms with Crippen molar-refractivity contribution in [1.29, 1.82) is 0 Å². The summed E-state index contributed by atoms with van der Waals surface area (Å²) in [5.41, 5.74) is 0.147. The average Bonchev–Trinajstić information content (AvgIpc) is 2.10. The summed E-state index contributed by atoms with van der Waals surface area (Å²) in [6, 6.07) is 1.88. The molecule has 0 spiro atoms. The molecule has 1 rings (SSSR count). The molecule has 0 bridgehead atoms. The predicted octanol–water partition coefficient (Wildman–Crippen LogP) is 2.26. The van der Waals surface area contributed by atoms with E-state index in [9.17, 15) is 8.78 Å². The summed E-state index contributed by atoms with van der Waals surface area (Å²) in [5, 5.41) is 8.73. The first-order chi connectivity index (χ1) is 6.15. The lowest BCUT2D eigenvalue weighted by atomic mass is 10.2. The molecule has 0 saturated heterocycles. The number of benzene rings is 1. The van der Waals surface area contributed by atoms with Gasteiger partial charge in [-0.25, -0.2) is 8.78 Å². The van der Waals surface area contributed by atoms with Crippen LogP contribution in [-0.4, -0.2) is 11.0 Å². The van der Waals surface area contributed by atoms with E-state index in [4.69, 9.17) is 16.7 Å². The van der Waals surface area contributed by atoms with Crippen LogP contribution in [0.5, 0.6) is 5.75 Å². The monoisotopic (exact) mass is 202 g/mol. The van der Waals surface area contributed by atoms with Gasteiger partial charge in [-0.2, -0.15) is 0 Å². The van der Waals surface area contributed by atoms with Gasteiger partial charge in [0.05, 0.1) is 5.88 Å². The van der Waals surface area contributed by atoms with Crippen molar-refractivity contribution < 1.29 is 13.9 Å². The first-order valence-corrected chi connectivity index (χ1v) is 3.91. The number of rotatable bonds is 0. The molecule has 0 aliphatic carbocycles. The third kappa shape index (κ3) is 2.33. The number of hydrogen-bond donors (Lipinski definition) is 1. The van der Waals surface area contributed by atoms with Gasteiger partial charge in [0.25, 0.3) is 0 Å². The lowest BCUT2D eigenvalue weighted by Crippen LogP contribution is -1.85. The maximum Gasteiger partial charge on any atom is 0.187 e. The van der Waals surface area contributed by atoms with E-state index in [-0.39, 0.29) is 11.4 Å². The van der Waals surface area contributed by atoms with Crippen LogP contribution in [-0.2, 0) is 0 Å². The van der Waals surface area contributed by atoms with E-state index in [2.05, 4.69) is 11.8 Å². The first kappa shape index (κ1) is 9.82. The second-order valence-electron chi connectivity index (χ2n) is 2.22. The molecule has 1 nitrogen and oxygen atoms in total. The van der Waals surface area contributed by atoms with Gasteiger partial charge < -0.3 is 5.11 Å². The Bertz CT molecular complexity index is 356. The Balaban J connectivity index is 3.13. The maximum atomic E-state index is 12.7.